The number of nitrogens with one attached hydrogen (secondary N) is 1. The Hall–Kier alpha value is -1.96. The Labute approximate surface area is 132 Å². The Morgan fingerprint density at radius 2 is 2.05 bits per heavy atom. The van der Waals surface area contributed by atoms with Crippen LogP contribution in [0.4, 0.5) is 0 Å². The molecule has 0 aliphatic carbocycles. The second kappa shape index (κ2) is 6.43. The molecule has 0 saturated heterocycles. The maximum atomic E-state index is 12.4. The van der Waals surface area contributed by atoms with E-state index in [9.17, 15) is 13.2 Å². The molecule has 1 heterocycles. The van der Waals surface area contributed by atoms with Crippen LogP contribution < -0.4 is 4.72 Å². The first-order chi connectivity index (χ1) is 10.3. The molecule has 0 bridgehead atoms. The Kier molecular flexibility index (Phi) is 4.80. The number of rotatable bonds is 5. The Morgan fingerprint density at radius 3 is 2.64 bits per heavy atom. The molecule has 0 aliphatic heterocycles. The number of carboxylic acids is 1. The maximum absolute atomic E-state index is 12.4. The minimum atomic E-state index is -3.98. The zero-order chi connectivity index (χ0) is 16.3. The lowest BCUT2D eigenvalue weighted by molar-refractivity contribution is 0.0696. The van der Waals surface area contributed by atoms with Gasteiger partial charge in [-0.05, 0) is 37.3 Å². The third-order valence-corrected chi connectivity index (χ3v) is 4.95. The number of hydrogen-bond acceptors (Lipinski definition) is 4. The van der Waals surface area contributed by atoms with Crippen molar-refractivity contribution in [1.29, 1.82) is 0 Å². The molecule has 0 radical (unpaired) electrons. The van der Waals surface area contributed by atoms with Crippen LogP contribution >= 0.6 is 11.6 Å². The first kappa shape index (κ1) is 16.4. The standard InChI is InChI=1S/C14H13ClN2O4S/c1-9(12-4-2-3-7-16-12)17-22(20,21)13-8-10(14(18)19)5-6-11(13)15/h2-9,17H,1H3,(H,18,19)/t9-/m1/s1. The van der Waals surface area contributed by atoms with E-state index in [1.165, 1.54) is 12.1 Å². The summed E-state index contributed by atoms with van der Waals surface area (Å²) in [7, 11) is -3.98. The molecule has 1 aromatic carbocycles. The van der Waals surface area contributed by atoms with Gasteiger partial charge in [0.25, 0.3) is 0 Å². The minimum absolute atomic E-state index is 0.0503. The highest BCUT2D eigenvalue weighted by molar-refractivity contribution is 7.89. The lowest BCUT2D eigenvalue weighted by Gasteiger charge is -2.14. The molecule has 116 valence electrons. The number of benzene rings is 1. The number of hydrogen-bond donors (Lipinski definition) is 2. The monoisotopic (exact) mass is 340 g/mol. The largest absolute Gasteiger partial charge is 0.478 e. The summed E-state index contributed by atoms with van der Waals surface area (Å²) in [4.78, 5) is 14.8. The van der Waals surface area contributed by atoms with E-state index in [0.29, 0.717) is 5.69 Å². The van der Waals surface area contributed by atoms with Gasteiger partial charge in [0.05, 0.1) is 22.3 Å². The highest BCUT2D eigenvalue weighted by atomic mass is 35.5. The van der Waals surface area contributed by atoms with Crippen molar-refractivity contribution < 1.29 is 18.3 Å². The molecule has 0 saturated carbocycles. The summed E-state index contributed by atoms with van der Waals surface area (Å²) < 4.78 is 27.2. The van der Waals surface area contributed by atoms with Gasteiger partial charge < -0.3 is 5.11 Å². The van der Waals surface area contributed by atoms with Crippen LogP contribution in [0.1, 0.15) is 29.0 Å². The number of pyridine rings is 1. The minimum Gasteiger partial charge on any atom is -0.478 e. The predicted molar refractivity (Wildman–Crippen MR) is 81.4 cm³/mol. The van der Waals surface area contributed by atoms with E-state index < -0.39 is 22.0 Å². The summed E-state index contributed by atoms with van der Waals surface area (Å²) in [5, 5.41) is 8.91. The van der Waals surface area contributed by atoms with Crippen LogP contribution in [0.25, 0.3) is 0 Å². The van der Waals surface area contributed by atoms with Gasteiger partial charge in [-0.3, -0.25) is 4.98 Å². The lowest BCUT2D eigenvalue weighted by atomic mass is 10.2. The summed E-state index contributed by atoms with van der Waals surface area (Å²) in [6, 6.07) is 8.07. The molecule has 22 heavy (non-hydrogen) atoms. The fourth-order valence-electron chi connectivity index (χ4n) is 1.83. The molecule has 0 spiro atoms. The number of carboxylic acid groups (broad SMARTS) is 1. The summed E-state index contributed by atoms with van der Waals surface area (Å²) in [5.41, 5.74) is 0.381. The SMILES string of the molecule is C[C@@H](NS(=O)(=O)c1cc(C(=O)O)ccc1Cl)c1ccccn1. The lowest BCUT2D eigenvalue weighted by Crippen LogP contribution is -2.27. The molecule has 0 amide bonds. The quantitative estimate of drug-likeness (QED) is 0.871. The zero-order valence-corrected chi connectivity index (χ0v) is 13.1. The van der Waals surface area contributed by atoms with Gasteiger partial charge in [-0.25, -0.2) is 17.9 Å². The Bertz CT molecular complexity index is 794. The van der Waals surface area contributed by atoms with Crippen molar-refractivity contribution in [2.24, 2.45) is 0 Å². The van der Waals surface area contributed by atoms with Crippen LogP contribution in [0.2, 0.25) is 5.02 Å². The summed E-state index contributed by atoms with van der Waals surface area (Å²) in [5.74, 6) is -1.23. The second-order valence-electron chi connectivity index (χ2n) is 4.55. The van der Waals surface area contributed by atoms with Crippen LogP contribution in [-0.4, -0.2) is 24.5 Å². The van der Waals surface area contributed by atoms with Crippen molar-refractivity contribution in [2.45, 2.75) is 17.9 Å². The van der Waals surface area contributed by atoms with Crippen molar-refractivity contribution in [1.82, 2.24) is 9.71 Å². The highest BCUT2D eigenvalue weighted by Crippen LogP contribution is 2.24. The van der Waals surface area contributed by atoms with E-state index in [-0.39, 0.29) is 15.5 Å². The fourth-order valence-corrected chi connectivity index (χ4v) is 3.57. The second-order valence-corrected chi connectivity index (χ2v) is 6.64. The van der Waals surface area contributed by atoms with E-state index in [1.807, 2.05) is 0 Å². The van der Waals surface area contributed by atoms with Crippen molar-refractivity contribution in [3.8, 4) is 0 Å². The summed E-state index contributed by atoms with van der Waals surface area (Å²) >= 11 is 5.89. The smallest absolute Gasteiger partial charge is 0.335 e. The van der Waals surface area contributed by atoms with Crippen molar-refractivity contribution in [2.75, 3.05) is 0 Å². The number of aromatic carboxylic acids is 1. The molecule has 2 aromatic rings. The predicted octanol–water partition coefficient (Wildman–Crippen LogP) is 2.47. The normalized spacial score (nSPS) is 12.8. The van der Waals surface area contributed by atoms with Crippen LogP contribution in [0.5, 0.6) is 0 Å². The van der Waals surface area contributed by atoms with E-state index in [4.69, 9.17) is 16.7 Å². The summed E-state index contributed by atoms with van der Waals surface area (Å²) in [6.07, 6.45) is 1.55. The van der Waals surface area contributed by atoms with Crippen molar-refractivity contribution in [3.63, 3.8) is 0 Å². The number of aromatic nitrogens is 1. The molecule has 8 heteroatoms. The van der Waals surface area contributed by atoms with Gasteiger partial charge in [-0.15, -0.1) is 0 Å². The average molecular weight is 341 g/mol. The number of carbonyl (C=O) groups is 1. The molecular weight excluding hydrogens is 328 g/mol. The van der Waals surface area contributed by atoms with Crippen molar-refractivity contribution >= 4 is 27.6 Å². The van der Waals surface area contributed by atoms with Gasteiger partial charge in [-0.1, -0.05) is 17.7 Å². The van der Waals surface area contributed by atoms with Gasteiger partial charge in [0.15, 0.2) is 0 Å². The zero-order valence-electron chi connectivity index (χ0n) is 11.5. The number of nitrogens with zero attached hydrogens (tertiary/aromatic N) is 1. The molecule has 2 N–H and O–H groups in total. The van der Waals surface area contributed by atoms with Crippen LogP contribution in [0.3, 0.4) is 0 Å². The molecule has 6 nitrogen and oxygen atoms in total. The van der Waals surface area contributed by atoms with Gasteiger partial charge in [0.1, 0.15) is 4.90 Å². The van der Waals surface area contributed by atoms with Gasteiger partial charge in [-0.2, -0.15) is 0 Å². The Morgan fingerprint density at radius 1 is 1.32 bits per heavy atom. The third-order valence-electron chi connectivity index (χ3n) is 2.93. The molecule has 1 aromatic heterocycles. The highest BCUT2D eigenvalue weighted by Gasteiger charge is 2.23. The molecule has 0 aliphatic rings. The summed E-state index contributed by atoms with van der Waals surface area (Å²) in [6.45, 7) is 1.63. The van der Waals surface area contributed by atoms with E-state index in [0.717, 1.165) is 6.07 Å². The maximum Gasteiger partial charge on any atom is 0.335 e. The van der Waals surface area contributed by atoms with Crippen LogP contribution in [0.15, 0.2) is 47.5 Å². The number of halogens is 1. The van der Waals surface area contributed by atoms with E-state index in [1.54, 1.807) is 31.3 Å². The molecular formula is C14H13ClN2O4S. The van der Waals surface area contributed by atoms with Crippen LogP contribution in [-0.2, 0) is 10.0 Å². The Balaban J connectivity index is 2.35. The average Bonchev–Trinajstić information content (AvgIpc) is 2.47. The first-order valence-electron chi connectivity index (χ1n) is 6.27. The van der Waals surface area contributed by atoms with E-state index >= 15 is 0 Å². The molecule has 0 unspecified atom stereocenters. The van der Waals surface area contributed by atoms with E-state index in [2.05, 4.69) is 9.71 Å². The third kappa shape index (κ3) is 3.62. The first-order valence-corrected chi connectivity index (χ1v) is 8.13. The van der Waals surface area contributed by atoms with Crippen molar-refractivity contribution in [3.05, 3.63) is 58.9 Å². The molecule has 2 rings (SSSR count). The molecule has 0 fully saturated rings. The fraction of sp³-hybridized carbons (Fsp3) is 0.143. The van der Waals surface area contributed by atoms with Crippen LogP contribution in [0, 0.1) is 0 Å². The number of sulfonamides is 1. The van der Waals surface area contributed by atoms with Gasteiger partial charge in [0.2, 0.25) is 10.0 Å². The molecule has 1 atom stereocenters. The van der Waals surface area contributed by atoms with Gasteiger partial charge in [0, 0.05) is 6.20 Å². The topological polar surface area (TPSA) is 96.4 Å². The van der Waals surface area contributed by atoms with Gasteiger partial charge >= 0.3 is 5.97 Å².